The van der Waals surface area contributed by atoms with Gasteiger partial charge in [0.05, 0.1) is 5.92 Å². The average molecular weight is 433 g/mol. The predicted molar refractivity (Wildman–Crippen MR) is 105 cm³/mol. The molecular weight excluding hydrogens is 410 g/mol. The number of carbonyl (C=O) groups excluding carboxylic acids is 2. The van der Waals surface area contributed by atoms with Gasteiger partial charge in [-0.15, -0.1) is 0 Å². The number of nitrogens with zero attached hydrogens (tertiary/aromatic N) is 1. The van der Waals surface area contributed by atoms with Crippen molar-refractivity contribution in [1.29, 1.82) is 0 Å². The molecule has 0 radical (unpaired) electrons. The molecule has 4 rings (SSSR count). The number of carboxylic acid groups (broad SMARTS) is 2. The highest BCUT2D eigenvalue weighted by Gasteiger charge is 2.39. The summed E-state index contributed by atoms with van der Waals surface area (Å²) in [4.78, 5) is 45.2. The number of hydrogen-bond acceptors (Lipinski definition) is 7. The average Bonchev–Trinajstić information content (AvgIpc) is 3.22. The van der Waals surface area contributed by atoms with Crippen molar-refractivity contribution >= 4 is 23.9 Å². The molecule has 3 aliphatic heterocycles. The third-order valence-electron chi connectivity index (χ3n) is 4.99. The van der Waals surface area contributed by atoms with E-state index in [1.807, 2.05) is 18.2 Å². The smallest absolute Gasteiger partial charge is 0.328 e. The van der Waals surface area contributed by atoms with Gasteiger partial charge in [-0.05, 0) is 36.6 Å². The molecule has 11 heteroatoms. The Labute approximate surface area is 177 Å². The Morgan fingerprint density at radius 2 is 1.84 bits per heavy atom. The van der Waals surface area contributed by atoms with Gasteiger partial charge in [0, 0.05) is 31.8 Å². The van der Waals surface area contributed by atoms with E-state index in [2.05, 4.69) is 10.6 Å². The monoisotopic (exact) mass is 433 g/mol. The molecule has 0 aromatic heterocycles. The molecule has 2 fully saturated rings. The van der Waals surface area contributed by atoms with Crippen molar-refractivity contribution in [3.8, 4) is 11.5 Å². The minimum absolute atomic E-state index is 0.0706. The number of likely N-dealkylation sites (tertiary alicyclic amines) is 1. The number of benzene rings is 1. The first-order valence-corrected chi connectivity index (χ1v) is 9.66. The van der Waals surface area contributed by atoms with Crippen molar-refractivity contribution in [2.75, 3.05) is 26.4 Å². The normalized spacial score (nSPS) is 21.3. The minimum atomic E-state index is -1.26. The number of fused-ring (bicyclic) bond motifs is 3. The number of nitrogens with one attached hydrogen (secondary N) is 2. The van der Waals surface area contributed by atoms with Gasteiger partial charge in [0.1, 0.15) is 0 Å². The molecule has 2 atom stereocenters. The summed E-state index contributed by atoms with van der Waals surface area (Å²) in [7, 11) is 0. The first-order valence-electron chi connectivity index (χ1n) is 9.66. The number of urea groups is 1. The van der Waals surface area contributed by atoms with Crippen LogP contribution in [0.5, 0.6) is 11.5 Å². The highest BCUT2D eigenvalue weighted by molar-refractivity contribution is 5.96. The van der Waals surface area contributed by atoms with Gasteiger partial charge < -0.3 is 30.3 Å². The molecule has 0 saturated carbocycles. The Hall–Kier alpha value is -3.60. The lowest BCUT2D eigenvalue weighted by atomic mass is 9.85. The minimum Gasteiger partial charge on any atom is -0.478 e. The summed E-state index contributed by atoms with van der Waals surface area (Å²) in [5, 5.41) is 21.7. The zero-order valence-corrected chi connectivity index (χ0v) is 16.6. The summed E-state index contributed by atoms with van der Waals surface area (Å²) in [5.74, 6) is -0.893. The van der Waals surface area contributed by atoms with Crippen molar-refractivity contribution < 1.29 is 38.9 Å². The number of aliphatic carboxylic acids is 2. The van der Waals surface area contributed by atoms with E-state index in [-0.39, 0.29) is 24.6 Å². The van der Waals surface area contributed by atoms with Crippen LogP contribution in [0.1, 0.15) is 12.0 Å². The van der Waals surface area contributed by atoms with Crippen LogP contribution in [-0.4, -0.2) is 65.4 Å². The third kappa shape index (κ3) is 5.95. The molecular formula is C20H23N3O8. The number of ether oxygens (including phenoxy) is 2. The second-order valence-electron chi connectivity index (χ2n) is 7.26. The van der Waals surface area contributed by atoms with Crippen molar-refractivity contribution in [2.24, 2.45) is 11.8 Å². The number of hydrogen-bond donors (Lipinski definition) is 4. The van der Waals surface area contributed by atoms with Gasteiger partial charge in [0.25, 0.3) is 0 Å². The lowest BCUT2D eigenvalue weighted by Crippen LogP contribution is -2.58. The summed E-state index contributed by atoms with van der Waals surface area (Å²) in [5.41, 5.74) is 0.911. The van der Waals surface area contributed by atoms with Crippen LogP contribution >= 0.6 is 0 Å². The molecule has 2 unspecified atom stereocenters. The van der Waals surface area contributed by atoms with E-state index in [4.69, 9.17) is 19.7 Å². The van der Waals surface area contributed by atoms with E-state index in [0.29, 0.717) is 49.2 Å². The molecule has 1 aromatic rings. The van der Waals surface area contributed by atoms with Crippen LogP contribution in [0.4, 0.5) is 4.79 Å². The van der Waals surface area contributed by atoms with Crippen LogP contribution in [0.15, 0.2) is 30.4 Å². The van der Waals surface area contributed by atoms with E-state index in [1.165, 1.54) is 4.90 Å². The molecule has 1 aromatic carbocycles. The van der Waals surface area contributed by atoms with Gasteiger partial charge in [0.2, 0.25) is 12.7 Å². The van der Waals surface area contributed by atoms with Crippen molar-refractivity contribution in [2.45, 2.75) is 13.0 Å². The number of amides is 3. The van der Waals surface area contributed by atoms with Crippen LogP contribution in [0.2, 0.25) is 0 Å². The number of carboxylic acids is 2. The Morgan fingerprint density at radius 3 is 2.55 bits per heavy atom. The second-order valence-corrected chi connectivity index (χ2v) is 7.26. The van der Waals surface area contributed by atoms with Gasteiger partial charge in [-0.3, -0.25) is 9.69 Å². The van der Waals surface area contributed by atoms with E-state index >= 15 is 0 Å². The van der Waals surface area contributed by atoms with E-state index in [9.17, 15) is 19.2 Å². The van der Waals surface area contributed by atoms with Gasteiger partial charge in [-0.1, -0.05) is 6.07 Å². The van der Waals surface area contributed by atoms with Crippen LogP contribution in [0.3, 0.4) is 0 Å². The fourth-order valence-corrected chi connectivity index (χ4v) is 3.58. The first-order chi connectivity index (χ1) is 14.8. The molecule has 31 heavy (non-hydrogen) atoms. The maximum absolute atomic E-state index is 12.4. The Morgan fingerprint density at radius 1 is 1.13 bits per heavy atom. The molecule has 3 amide bonds. The number of carbonyl (C=O) groups is 4. The lowest BCUT2D eigenvalue weighted by molar-refractivity contribution is -0.137. The quantitative estimate of drug-likeness (QED) is 0.494. The van der Waals surface area contributed by atoms with E-state index < -0.39 is 11.9 Å². The molecule has 3 heterocycles. The topological polar surface area (TPSA) is 154 Å². The second kappa shape index (κ2) is 9.94. The Kier molecular flexibility index (Phi) is 7.08. The molecule has 166 valence electrons. The van der Waals surface area contributed by atoms with Crippen LogP contribution in [-0.2, 0) is 20.9 Å². The summed E-state index contributed by atoms with van der Waals surface area (Å²) in [6, 6.07) is 5.24. The Balaban J connectivity index is 0.000000293. The maximum atomic E-state index is 12.4. The molecule has 2 bridgehead atoms. The maximum Gasteiger partial charge on any atom is 0.328 e. The fourth-order valence-electron chi connectivity index (χ4n) is 3.58. The largest absolute Gasteiger partial charge is 0.478 e. The van der Waals surface area contributed by atoms with Crippen LogP contribution < -0.4 is 20.1 Å². The Bertz CT molecular complexity index is 884. The first kappa shape index (κ1) is 22.1. The zero-order chi connectivity index (χ0) is 22.4. The summed E-state index contributed by atoms with van der Waals surface area (Å²) in [6.07, 6.45) is 2.00. The fraction of sp³-hybridized carbons (Fsp3) is 0.400. The van der Waals surface area contributed by atoms with E-state index in [0.717, 1.165) is 18.5 Å². The standard InChI is InChI=1S/C16H19N3O4.C4H4O4/c20-15-12-3-11(5-17-7-12)8-19(15)16(21)18-6-10-1-2-13-14(4-10)23-9-22-13;5-3(6)1-2-4(7)8/h1-2,4,11-12,17H,3,5-9H2,(H,18,21);1-2H,(H,5,6)(H,7,8)/b;2-1+. The van der Waals surface area contributed by atoms with Gasteiger partial charge in [-0.25, -0.2) is 14.4 Å². The van der Waals surface area contributed by atoms with Crippen molar-refractivity contribution in [3.63, 3.8) is 0 Å². The molecule has 3 aliphatic rings. The highest BCUT2D eigenvalue weighted by atomic mass is 16.7. The summed E-state index contributed by atoms with van der Waals surface area (Å²) < 4.78 is 10.6. The van der Waals surface area contributed by atoms with Crippen LogP contribution in [0, 0.1) is 11.8 Å². The molecule has 0 aliphatic carbocycles. The lowest BCUT2D eigenvalue weighted by Gasteiger charge is -2.39. The summed E-state index contributed by atoms with van der Waals surface area (Å²) >= 11 is 0. The van der Waals surface area contributed by atoms with E-state index in [1.54, 1.807) is 0 Å². The molecule has 0 spiro atoms. The zero-order valence-electron chi connectivity index (χ0n) is 16.6. The highest BCUT2D eigenvalue weighted by Crippen LogP contribution is 2.32. The van der Waals surface area contributed by atoms with Gasteiger partial charge in [-0.2, -0.15) is 0 Å². The number of imide groups is 1. The number of rotatable bonds is 4. The third-order valence-corrected chi connectivity index (χ3v) is 4.99. The molecule has 11 nitrogen and oxygen atoms in total. The molecule has 2 saturated heterocycles. The predicted octanol–water partition coefficient (Wildman–Crippen LogP) is 0.405. The molecule has 4 N–H and O–H groups in total. The number of piperidine rings is 2. The summed E-state index contributed by atoms with van der Waals surface area (Å²) in [6.45, 7) is 2.61. The van der Waals surface area contributed by atoms with Crippen LogP contribution in [0.25, 0.3) is 0 Å². The SMILES string of the molecule is O=C(NCc1ccc2c(c1)OCO2)N1CC2CNCC(C2)C1=O.O=C(O)/C=C/C(=O)O. The van der Waals surface area contributed by atoms with Crippen molar-refractivity contribution in [1.82, 2.24) is 15.5 Å². The van der Waals surface area contributed by atoms with Gasteiger partial charge >= 0.3 is 18.0 Å². The van der Waals surface area contributed by atoms with Gasteiger partial charge in [0.15, 0.2) is 11.5 Å². The van der Waals surface area contributed by atoms with Crippen molar-refractivity contribution in [3.05, 3.63) is 35.9 Å².